The van der Waals surface area contributed by atoms with Crippen LogP contribution in [0.4, 0.5) is 5.69 Å². The maximum absolute atomic E-state index is 14.3. The average Bonchev–Trinajstić information content (AvgIpc) is 3.02. The van der Waals surface area contributed by atoms with E-state index < -0.39 is 28.5 Å². The van der Waals surface area contributed by atoms with Gasteiger partial charge in [0.25, 0.3) is 10.0 Å². The summed E-state index contributed by atoms with van der Waals surface area (Å²) in [5.41, 5.74) is 2.88. The van der Waals surface area contributed by atoms with Crippen LogP contribution in [0.1, 0.15) is 55.7 Å². The third-order valence-corrected chi connectivity index (χ3v) is 9.80. The highest BCUT2D eigenvalue weighted by molar-refractivity contribution is 7.92. The van der Waals surface area contributed by atoms with Gasteiger partial charge in [-0.2, -0.15) is 0 Å². The van der Waals surface area contributed by atoms with Gasteiger partial charge in [0.15, 0.2) is 11.5 Å². The molecular weight excluding hydrogens is 578 g/mol. The number of nitrogens with zero attached hydrogens (tertiary/aromatic N) is 2. The molecular formula is C34H43N3O6S. The Hall–Kier alpha value is -4.05. The number of benzene rings is 3. The molecule has 0 heterocycles. The molecule has 3 aromatic rings. The molecule has 1 atom stereocenters. The first-order valence-corrected chi connectivity index (χ1v) is 16.4. The van der Waals surface area contributed by atoms with Crippen LogP contribution in [0.5, 0.6) is 11.5 Å². The number of methoxy groups -OCH3 is 2. The first-order valence-electron chi connectivity index (χ1n) is 15.0. The summed E-state index contributed by atoms with van der Waals surface area (Å²) in [6, 6.07) is 18.4. The van der Waals surface area contributed by atoms with Gasteiger partial charge >= 0.3 is 0 Å². The maximum atomic E-state index is 14.3. The minimum Gasteiger partial charge on any atom is -0.493 e. The van der Waals surface area contributed by atoms with Gasteiger partial charge in [-0.3, -0.25) is 13.9 Å². The summed E-state index contributed by atoms with van der Waals surface area (Å²) in [5.74, 6) is -0.114. The molecule has 10 heteroatoms. The van der Waals surface area contributed by atoms with Crippen molar-refractivity contribution in [2.75, 3.05) is 25.1 Å². The summed E-state index contributed by atoms with van der Waals surface area (Å²) < 4.78 is 40.4. The largest absolute Gasteiger partial charge is 0.493 e. The molecule has 9 nitrogen and oxygen atoms in total. The summed E-state index contributed by atoms with van der Waals surface area (Å²) in [6.07, 6.45) is 5.10. The van der Waals surface area contributed by atoms with Crippen molar-refractivity contribution in [2.24, 2.45) is 0 Å². The topological polar surface area (TPSA) is 105 Å². The fourth-order valence-corrected chi connectivity index (χ4v) is 7.07. The number of sulfonamides is 1. The van der Waals surface area contributed by atoms with Crippen LogP contribution in [0.3, 0.4) is 0 Å². The average molecular weight is 622 g/mol. The lowest BCUT2D eigenvalue weighted by Gasteiger charge is -2.33. The Morgan fingerprint density at radius 1 is 0.886 bits per heavy atom. The van der Waals surface area contributed by atoms with Crippen molar-refractivity contribution >= 4 is 27.5 Å². The predicted molar refractivity (Wildman–Crippen MR) is 171 cm³/mol. The Balaban J connectivity index is 1.72. The van der Waals surface area contributed by atoms with E-state index in [1.807, 2.05) is 50.2 Å². The van der Waals surface area contributed by atoms with E-state index in [0.717, 1.165) is 53.1 Å². The molecule has 2 amide bonds. The molecule has 1 aliphatic rings. The highest BCUT2D eigenvalue weighted by Gasteiger charge is 2.34. The molecule has 236 valence electrons. The molecule has 3 aromatic carbocycles. The normalized spacial score (nSPS) is 14.4. The number of ether oxygens (including phenoxy) is 2. The monoisotopic (exact) mass is 621 g/mol. The first kappa shape index (κ1) is 32.9. The molecule has 1 fully saturated rings. The van der Waals surface area contributed by atoms with Crippen molar-refractivity contribution in [3.05, 3.63) is 83.4 Å². The van der Waals surface area contributed by atoms with Crippen molar-refractivity contribution in [1.29, 1.82) is 0 Å². The van der Waals surface area contributed by atoms with E-state index in [1.54, 1.807) is 19.1 Å². The van der Waals surface area contributed by atoms with Crippen LogP contribution in [0.2, 0.25) is 0 Å². The zero-order chi connectivity index (χ0) is 31.9. The number of rotatable bonds is 12. The molecule has 0 bridgehead atoms. The second kappa shape index (κ2) is 14.6. The number of hydrogen-bond acceptors (Lipinski definition) is 6. The predicted octanol–water partition coefficient (Wildman–Crippen LogP) is 5.38. The van der Waals surface area contributed by atoms with Gasteiger partial charge in [-0.15, -0.1) is 0 Å². The van der Waals surface area contributed by atoms with Crippen molar-refractivity contribution in [1.82, 2.24) is 10.2 Å². The molecule has 0 radical (unpaired) electrons. The summed E-state index contributed by atoms with van der Waals surface area (Å²) in [7, 11) is -1.36. The second-order valence-electron chi connectivity index (χ2n) is 11.4. The van der Waals surface area contributed by atoms with Crippen LogP contribution in [-0.4, -0.2) is 58.0 Å². The fourth-order valence-electron chi connectivity index (χ4n) is 5.66. The third kappa shape index (κ3) is 7.91. The molecule has 1 N–H and O–H groups in total. The summed E-state index contributed by atoms with van der Waals surface area (Å²) in [4.78, 5) is 29.1. The summed E-state index contributed by atoms with van der Waals surface area (Å²) >= 11 is 0. The van der Waals surface area contributed by atoms with E-state index in [1.165, 1.54) is 37.3 Å². The van der Waals surface area contributed by atoms with Gasteiger partial charge in [-0.25, -0.2) is 8.42 Å². The molecule has 1 unspecified atom stereocenters. The molecule has 4 rings (SSSR count). The second-order valence-corrected chi connectivity index (χ2v) is 13.3. The van der Waals surface area contributed by atoms with E-state index in [4.69, 9.17) is 9.47 Å². The number of carbonyl (C=O) groups is 2. The highest BCUT2D eigenvalue weighted by atomic mass is 32.2. The Labute approximate surface area is 261 Å². The standard InChI is InChI=1S/C34H43N3O6S/c1-24-18-25(2)20-29(19-24)37(44(40,41)30-16-17-31(42-4)32(21-30)43-5)23-33(38)36(22-27-12-8-6-9-13-27)26(3)34(39)35-28-14-10-7-11-15-28/h6,8-9,12-13,16-21,26,28H,7,10-11,14-15,22-23H2,1-5H3,(H,35,39). The van der Waals surface area contributed by atoms with E-state index in [0.29, 0.717) is 11.4 Å². The Morgan fingerprint density at radius 2 is 1.52 bits per heavy atom. The Kier molecular flexibility index (Phi) is 10.9. The van der Waals surface area contributed by atoms with Crippen LogP contribution >= 0.6 is 0 Å². The van der Waals surface area contributed by atoms with Gasteiger partial charge in [0.2, 0.25) is 11.8 Å². The van der Waals surface area contributed by atoms with Crippen molar-refractivity contribution in [3.63, 3.8) is 0 Å². The molecule has 0 spiro atoms. The molecule has 0 aromatic heterocycles. The number of carbonyl (C=O) groups excluding carboxylic acids is 2. The van der Waals surface area contributed by atoms with E-state index >= 15 is 0 Å². The SMILES string of the molecule is COc1ccc(S(=O)(=O)N(CC(=O)N(Cc2ccccc2)C(C)C(=O)NC2CCCCC2)c2cc(C)cc(C)c2)cc1OC. The first-order chi connectivity index (χ1) is 21.0. The summed E-state index contributed by atoms with van der Waals surface area (Å²) in [6.45, 7) is 5.09. The van der Waals surface area contributed by atoms with Gasteiger partial charge < -0.3 is 19.7 Å². The minimum atomic E-state index is -4.27. The number of amides is 2. The number of anilines is 1. The van der Waals surface area contributed by atoms with Gasteiger partial charge in [0.1, 0.15) is 12.6 Å². The molecule has 1 saturated carbocycles. The van der Waals surface area contributed by atoms with Gasteiger partial charge in [-0.1, -0.05) is 55.7 Å². The lowest BCUT2D eigenvalue weighted by Crippen LogP contribution is -2.53. The van der Waals surface area contributed by atoms with Crippen LogP contribution in [0.15, 0.2) is 71.6 Å². The van der Waals surface area contributed by atoms with E-state index in [9.17, 15) is 18.0 Å². The van der Waals surface area contributed by atoms with Crippen LogP contribution in [-0.2, 0) is 26.2 Å². The highest BCUT2D eigenvalue weighted by Crippen LogP contribution is 2.33. The third-order valence-electron chi connectivity index (χ3n) is 8.03. The number of aryl methyl sites for hydroxylation is 2. The van der Waals surface area contributed by atoms with Gasteiger partial charge in [-0.05, 0) is 74.6 Å². The van der Waals surface area contributed by atoms with Crippen molar-refractivity contribution in [3.8, 4) is 11.5 Å². The lowest BCUT2D eigenvalue weighted by molar-refractivity contribution is -0.139. The zero-order valence-electron chi connectivity index (χ0n) is 26.2. The molecule has 44 heavy (non-hydrogen) atoms. The molecule has 0 aliphatic heterocycles. The number of nitrogens with one attached hydrogen (secondary N) is 1. The van der Waals surface area contributed by atoms with Crippen LogP contribution in [0, 0.1) is 13.8 Å². The van der Waals surface area contributed by atoms with Gasteiger partial charge in [0, 0.05) is 18.7 Å². The van der Waals surface area contributed by atoms with E-state index in [-0.39, 0.29) is 29.1 Å². The quantitative estimate of drug-likeness (QED) is 0.291. The van der Waals surface area contributed by atoms with E-state index in [2.05, 4.69) is 5.32 Å². The van der Waals surface area contributed by atoms with Crippen LogP contribution in [0.25, 0.3) is 0 Å². The minimum absolute atomic E-state index is 0.0557. The smallest absolute Gasteiger partial charge is 0.264 e. The van der Waals surface area contributed by atoms with Crippen molar-refractivity contribution < 1.29 is 27.5 Å². The fraction of sp³-hybridized carbons (Fsp3) is 0.412. The van der Waals surface area contributed by atoms with Gasteiger partial charge in [0.05, 0.1) is 24.8 Å². The Morgan fingerprint density at radius 3 is 2.14 bits per heavy atom. The molecule has 0 saturated heterocycles. The number of hydrogen-bond donors (Lipinski definition) is 1. The summed E-state index contributed by atoms with van der Waals surface area (Å²) in [5, 5.41) is 3.13. The maximum Gasteiger partial charge on any atom is 0.264 e. The van der Waals surface area contributed by atoms with Crippen molar-refractivity contribution in [2.45, 2.75) is 76.4 Å². The van der Waals surface area contributed by atoms with Crippen LogP contribution < -0.4 is 19.1 Å². The zero-order valence-corrected chi connectivity index (χ0v) is 27.0. The molecule has 1 aliphatic carbocycles. The lowest BCUT2D eigenvalue weighted by atomic mass is 9.95. The Bertz CT molecular complexity index is 1530.